The van der Waals surface area contributed by atoms with Gasteiger partial charge in [0.05, 0.1) is 13.2 Å². The average Bonchev–Trinajstić information content (AvgIpc) is 3.45. The molecule has 0 aliphatic carbocycles. The van der Waals surface area contributed by atoms with Crippen LogP contribution in [0.3, 0.4) is 0 Å². The minimum atomic E-state index is -0.505. The summed E-state index contributed by atoms with van der Waals surface area (Å²) >= 11 is 1.50. The van der Waals surface area contributed by atoms with Gasteiger partial charge in [-0.3, -0.25) is 4.90 Å². The van der Waals surface area contributed by atoms with Gasteiger partial charge in [-0.1, -0.05) is 11.3 Å². The molecule has 2 saturated heterocycles. The van der Waals surface area contributed by atoms with Crippen molar-refractivity contribution < 1.29 is 14.3 Å². The Morgan fingerprint density at radius 1 is 1.19 bits per heavy atom. The molecule has 3 aromatic heterocycles. The van der Waals surface area contributed by atoms with E-state index >= 15 is 0 Å². The quantitative estimate of drug-likeness (QED) is 0.506. The van der Waals surface area contributed by atoms with Crippen molar-refractivity contribution in [1.82, 2.24) is 24.8 Å². The van der Waals surface area contributed by atoms with E-state index in [-0.39, 0.29) is 12.1 Å². The standard InChI is InChI=1S/C25H33N7O3S/c1-25(2,3)35-24(33)32-8-6-18(16-32)27-20-13-17(15-31-9-11-34-12-10-31)14-21(29-20)30-23-28-19-5-4-7-26-22(19)36-23/h4-5,7,13-14,18H,6,8-12,15-16H2,1-3H3,(H2,27,28,29,30)/t18-/m0/s1. The highest BCUT2D eigenvalue weighted by molar-refractivity contribution is 7.21. The molecule has 5 rings (SSSR count). The van der Waals surface area contributed by atoms with Crippen LogP contribution in [0.2, 0.25) is 0 Å². The molecule has 2 fully saturated rings. The lowest BCUT2D eigenvalue weighted by atomic mass is 10.2. The second kappa shape index (κ2) is 10.5. The monoisotopic (exact) mass is 511 g/mol. The van der Waals surface area contributed by atoms with Gasteiger partial charge in [0.2, 0.25) is 0 Å². The van der Waals surface area contributed by atoms with Crippen molar-refractivity contribution >= 4 is 44.5 Å². The summed E-state index contributed by atoms with van der Waals surface area (Å²) < 4.78 is 11.0. The Bertz CT molecular complexity index is 1170. The van der Waals surface area contributed by atoms with Crippen molar-refractivity contribution in [2.45, 2.75) is 45.4 Å². The number of hydrogen-bond donors (Lipinski definition) is 2. The zero-order valence-corrected chi connectivity index (χ0v) is 21.8. The SMILES string of the molecule is CC(C)(C)OC(=O)N1CC[C@H](Nc2cc(CN3CCOCC3)cc(Nc3nc4cccnc4s3)n2)C1. The molecule has 0 unspecified atom stereocenters. The predicted octanol–water partition coefficient (Wildman–Crippen LogP) is 4.08. The first-order valence-corrected chi connectivity index (χ1v) is 13.2. The first-order valence-electron chi connectivity index (χ1n) is 12.3. The fourth-order valence-corrected chi connectivity index (χ4v) is 5.16. The van der Waals surface area contributed by atoms with Gasteiger partial charge in [0.25, 0.3) is 0 Å². The van der Waals surface area contributed by atoms with Crippen molar-refractivity contribution in [1.29, 1.82) is 0 Å². The van der Waals surface area contributed by atoms with Crippen molar-refractivity contribution in [2.75, 3.05) is 50.0 Å². The molecular formula is C25H33N7O3S. The number of carbonyl (C=O) groups is 1. The molecule has 11 heteroatoms. The minimum Gasteiger partial charge on any atom is -0.444 e. The van der Waals surface area contributed by atoms with Crippen molar-refractivity contribution in [3.05, 3.63) is 36.0 Å². The fraction of sp³-hybridized carbons (Fsp3) is 0.520. The van der Waals surface area contributed by atoms with E-state index in [0.717, 1.165) is 71.9 Å². The molecule has 1 amide bonds. The third-order valence-corrected chi connectivity index (χ3v) is 6.88. The summed E-state index contributed by atoms with van der Waals surface area (Å²) in [5.74, 6) is 1.50. The number of thiazole rings is 1. The average molecular weight is 512 g/mol. The van der Waals surface area contributed by atoms with Crippen molar-refractivity contribution in [2.24, 2.45) is 0 Å². The molecular weight excluding hydrogens is 478 g/mol. The molecule has 0 saturated carbocycles. The van der Waals surface area contributed by atoms with E-state index in [9.17, 15) is 4.79 Å². The number of likely N-dealkylation sites (tertiary alicyclic amines) is 1. The summed E-state index contributed by atoms with van der Waals surface area (Å²) in [4.78, 5) is 31.4. The van der Waals surface area contributed by atoms with Crippen LogP contribution in [0.25, 0.3) is 10.3 Å². The van der Waals surface area contributed by atoms with Crippen LogP contribution in [0.15, 0.2) is 30.5 Å². The third kappa shape index (κ3) is 6.40. The molecule has 5 heterocycles. The number of pyridine rings is 2. The van der Waals surface area contributed by atoms with Crippen molar-refractivity contribution in [3.8, 4) is 0 Å². The zero-order valence-electron chi connectivity index (χ0n) is 21.0. The molecule has 192 valence electrons. The Labute approximate surface area is 215 Å². The van der Waals surface area contributed by atoms with E-state index in [1.54, 1.807) is 11.1 Å². The first kappa shape index (κ1) is 24.7. The lowest BCUT2D eigenvalue weighted by molar-refractivity contribution is 0.0293. The van der Waals surface area contributed by atoms with Gasteiger partial charge in [-0.2, -0.15) is 0 Å². The van der Waals surface area contributed by atoms with Gasteiger partial charge in [0.1, 0.15) is 27.6 Å². The van der Waals surface area contributed by atoms with Gasteiger partial charge in [-0.25, -0.2) is 19.7 Å². The van der Waals surface area contributed by atoms with E-state index in [1.165, 1.54) is 11.3 Å². The van der Waals surface area contributed by atoms with Crippen LogP contribution in [-0.4, -0.2) is 81.9 Å². The molecule has 1 atom stereocenters. The predicted molar refractivity (Wildman–Crippen MR) is 141 cm³/mol. The summed E-state index contributed by atoms with van der Waals surface area (Å²) in [7, 11) is 0. The number of nitrogens with one attached hydrogen (secondary N) is 2. The molecule has 0 bridgehead atoms. The van der Waals surface area contributed by atoms with Gasteiger partial charge in [0, 0.05) is 45.0 Å². The summed E-state index contributed by atoms with van der Waals surface area (Å²) in [5.41, 5.74) is 1.51. The van der Waals surface area contributed by atoms with Gasteiger partial charge >= 0.3 is 6.09 Å². The zero-order chi connectivity index (χ0) is 25.1. The maximum absolute atomic E-state index is 12.5. The fourth-order valence-electron chi connectivity index (χ4n) is 4.35. The number of fused-ring (bicyclic) bond motifs is 1. The molecule has 0 radical (unpaired) electrons. The van der Waals surface area contributed by atoms with E-state index in [1.807, 2.05) is 32.9 Å². The summed E-state index contributed by atoms with van der Waals surface area (Å²) in [6.45, 7) is 11.0. The molecule has 0 aromatic carbocycles. The number of carbonyl (C=O) groups excluding carboxylic acids is 1. The van der Waals surface area contributed by atoms with Gasteiger partial charge in [-0.15, -0.1) is 0 Å². The lowest BCUT2D eigenvalue weighted by Crippen LogP contribution is -2.36. The Morgan fingerprint density at radius 2 is 2.00 bits per heavy atom. The first-order chi connectivity index (χ1) is 17.3. The second-order valence-electron chi connectivity index (χ2n) is 10.2. The van der Waals surface area contributed by atoms with Gasteiger partial charge in [0.15, 0.2) is 5.13 Å². The maximum Gasteiger partial charge on any atom is 0.410 e. The maximum atomic E-state index is 12.5. The third-order valence-electron chi connectivity index (χ3n) is 5.99. The van der Waals surface area contributed by atoms with E-state index in [4.69, 9.17) is 14.5 Å². The van der Waals surface area contributed by atoms with Crippen LogP contribution >= 0.6 is 11.3 Å². The van der Waals surface area contributed by atoms with Crippen LogP contribution in [-0.2, 0) is 16.0 Å². The number of anilines is 3. The minimum absolute atomic E-state index is 0.100. The van der Waals surface area contributed by atoms with Gasteiger partial charge < -0.3 is 25.0 Å². The summed E-state index contributed by atoms with van der Waals surface area (Å²) in [5, 5.41) is 7.68. The highest BCUT2D eigenvalue weighted by Crippen LogP contribution is 2.28. The molecule has 36 heavy (non-hydrogen) atoms. The Morgan fingerprint density at radius 3 is 2.78 bits per heavy atom. The number of hydrogen-bond acceptors (Lipinski definition) is 10. The van der Waals surface area contributed by atoms with E-state index in [0.29, 0.717) is 13.1 Å². The van der Waals surface area contributed by atoms with Gasteiger partial charge in [-0.05, 0) is 57.0 Å². The molecule has 0 spiro atoms. The molecule has 2 N–H and O–H groups in total. The number of ether oxygens (including phenoxy) is 2. The smallest absolute Gasteiger partial charge is 0.410 e. The number of amides is 1. The Hall–Kier alpha value is -3.02. The number of morpholine rings is 1. The number of nitrogens with zero attached hydrogens (tertiary/aromatic N) is 5. The molecule has 10 nitrogen and oxygen atoms in total. The molecule has 3 aromatic rings. The number of rotatable bonds is 6. The van der Waals surface area contributed by atoms with Crippen molar-refractivity contribution in [3.63, 3.8) is 0 Å². The van der Waals surface area contributed by atoms with E-state index < -0.39 is 5.60 Å². The van der Waals surface area contributed by atoms with Crippen LogP contribution < -0.4 is 10.6 Å². The highest BCUT2D eigenvalue weighted by Gasteiger charge is 2.30. The van der Waals surface area contributed by atoms with Crippen LogP contribution in [0, 0.1) is 0 Å². The lowest BCUT2D eigenvalue weighted by Gasteiger charge is -2.27. The summed E-state index contributed by atoms with van der Waals surface area (Å²) in [6.07, 6.45) is 2.34. The molecule has 2 aliphatic heterocycles. The topological polar surface area (TPSA) is 105 Å². The Kier molecular flexibility index (Phi) is 7.22. The second-order valence-corrected chi connectivity index (χ2v) is 11.1. The molecule has 2 aliphatic rings. The normalized spacial score (nSPS) is 19.0. The van der Waals surface area contributed by atoms with Crippen LogP contribution in [0.1, 0.15) is 32.8 Å². The van der Waals surface area contributed by atoms with Crippen LogP contribution in [0.5, 0.6) is 0 Å². The summed E-state index contributed by atoms with van der Waals surface area (Å²) in [6, 6.07) is 8.11. The van der Waals surface area contributed by atoms with E-state index in [2.05, 4.69) is 37.6 Å². The Balaban J connectivity index is 1.32. The highest BCUT2D eigenvalue weighted by atomic mass is 32.1. The van der Waals surface area contributed by atoms with Crippen LogP contribution in [0.4, 0.5) is 21.6 Å². The number of aromatic nitrogens is 3. The largest absolute Gasteiger partial charge is 0.444 e.